The normalized spacial score (nSPS) is 52.6. The second kappa shape index (κ2) is 9.62. The summed E-state index contributed by atoms with van der Waals surface area (Å²) < 4.78 is 25.4. The molecule has 7 heteroatoms. The largest absolute Gasteiger partial charge is 0.389 e. The minimum atomic E-state index is -0.904. The Bertz CT molecular complexity index is 1070. The van der Waals surface area contributed by atoms with Crippen molar-refractivity contribution in [1.29, 1.82) is 0 Å². The van der Waals surface area contributed by atoms with Crippen LogP contribution in [0.4, 0.5) is 0 Å². The van der Waals surface area contributed by atoms with Crippen LogP contribution in [0.2, 0.25) is 0 Å². The number of nitrogens with two attached hydrogens (primary N) is 1. The molecule has 0 aromatic rings. The average molecular weight is 589 g/mol. The van der Waals surface area contributed by atoms with Gasteiger partial charge in [-0.1, -0.05) is 20.8 Å². The van der Waals surface area contributed by atoms with Gasteiger partial charge < -0.3 is 29.8 Å². The van der Waals surface area contributed by atoms with Crippen LogP contribution in [0.1, 0.15) is 100 Å². The zero-order valence-corrected chi connectivity index (χ0v) is 27.0. The molecule has 0 radical (unpaired) electrons. The molecule has 7 nitrogen and oxygen atoms in total. The first-order valence-electron chi connectivity index (χ1n) is 17.6. The lowest BCUT2D eigenvalue weighted by Gasteiger charge is -2.60. The fourth-order valence-electron chi connectivity index (χ4n) is 12.9. The second-order valence-corrected chi connectivity index (χ2v) is 17.6. The second-order valence-electron chi connectivity index (χ2n) is 17.6. The lowest BCUT2D eigenvalue weighted by atomic mass is 9.46. The van der Waals surface area contributed by atoms with E-state index in [0.29, 0.717) is 34.3 Å². The van der Waals surface area contributed by atoms with Gasteiger partial charge in [0, 0.05) is 7.97 Å². The summed E-state index contributed by atoms with van der Waals surface area (Å²) in [5.41, 5.74) is 7.24. The number of rotatable bonds is 5. The Labute approximate surface area is 255 Å². The van der Waals surface area contributed by atoms with Crippen LogP contribution in [0.25, 0.3) is 0 Å². The molecule has 3 saturated heterocycles. The van der Waals surface area contributed by atoms with Crippen molar-refractivity contribution in [3.63, 3.8) is 0 Å². The first-order valence-corrected chi connectivity index (χ1v) is 17.6. The molecule has 8 fully saturated rings. The molecule has 5 aliphatic carbocycles. The summed E-state index contributed by atoms with van der Waals surface area (Å²) in [4.78, 5) is 2.53. The molecule has 0 aromatic heterocycles. The fraction of sp³-hybridized carbons (Fsp3) is 1.00. The Morgan fingerprint density at radius 1 is 0.976 bits per heavy atom. The number of hydrogen-bond acceptors (Lipinski definition) is 7. The maximum Gasteiger partial charge on any atom is 0.170 e. The van der Waals surface area contributed by atoms with Crippen molar-refractivity contribution < 1.29 is 25.5 Å². The van der Waals surface area contributed by atoms with E-state index in [1.807, 2.05) is 13.8 Å². The predicted octanol–water partition coefficient (Wildman–Crippen LogP) is 4.98. The van der Waals surface area contributed by atoms with E-state index in [1.54, 1.807) is 0 Å². The number of fused-ring (bicyclic) bond motifs is 4. The van der Waals surface area contributed by atoms with E-state index >= 15 is 0 Å². The van der Waals surface area contributed by atoms with Gasteiger partial charge in [-0.3, -0.25) is 4.90 Å². The first kappa shape index (κ1) is 29.1. The van der Waals surface area contributed by atoms with Crippen molar-refractivity contribution in [2.45, 2.75) is 141 Å². The third-order valence-corrected chi connectivity index (χ3v) is 15.3. The van der Waals surface area contributed by atoms with E-state index < -0.39 is 5.60 Å². The van der Waals surface area contributed by atoms with Gasteiger partial charge in [0.15, 0.2) is 6.29 Å². The third kappa shape index (κ3) is 4.02. The van der Waals surface area contributed by atoms with Crippen molar-refractivity contribution in [2.24, 2.45) is 51.1 Å². The van der Waals surface area contributed by atoms with Gasteiger partial charge in [-0.25, -0.2) is 0 Å². The molecule has 8 rings (SSSR count). The van der Waals surface area contributed by atoms with E-state index in [-0.39, 0.29) is 31.4 Å². The van der Waals surface area contributed by atoms with Gasteiger partial charge in [0.2, 0.25) is 0 Å². The molecule has 0 bridgehead atoms. The topological polar surface area (TPSA) is 86.4 Å². The van der Waals surface area contributed by atoms with Crippen LogP contribution in [-0.4, -0.2) is 85.2 Å². The maximum absolute atomic E-state index is 10.6. The highest BCUT2D eigenvalue weighted by atomic mass is 16.7. The van der Waals surface area contributed by atoms with Gasteiger partial charge in [-0.2, -0.15) is 0 Å². The first-order chi connectivity index (χ1) is 19.9. The summed E-state index contributed by atoms with van der Waals surface area (Å²) >= 11 is 0. The van der Waals surface area contributed by atoms with Gasteiger partial charge in [-0.15, -0.1) is 0 Å². The van der Waals surface area contributed by atoms with Crippen LogP contribution in [0.5, 0.6) is 0 Å². The predicted molar refractivity (Wildman–Crippen MR) is 163 cm³/mol. The molecule has 2 spiro atoms. The van der Waals surface area contributed by atoms with Gasteiger partial charge in [0.1, 0.15) is 0 Å². The minimum absolute atomic E-state index is 0. The number of hydrogen-bond donors (Lipinski definition) is 2. The number of aliphatic hydroxyl groups is 1. The molecule has 5 saturated carbocycles. The number of morpholine rings is 1. The van der Waals surface area contributed by atoms with Crippen LogP contribution >= 0.6 is 0 Å². The molecule has 0 amide bonds. The standard InChI is InChI=1S/C35H58N2O5.H2/c1-31(2)27-9-7-22-24-16-26-23(6-8-25(41-26)30(36)32(3,4)38)33(24,5)12-13-34(22)20-35(27,34)11-10-28(31)42-29-17-37(14-15-40-29)21-18-39-19-21;/h21-30,38H,6-20,36H2,1-5H3;1H/t22?,23?,24?,25?,26?,27?,28-,29?,30-,33?,34-,35?;/m0./s1. The monoisotopic (exact) mass is 588 g/mol. The van der Waals surface area contributed by atoms with Crippen molar-refractivity contribution >= 4 is 0 Å². The summed E-state index contributed by atoms with van der Waals surface area (Å²) in [5, 5.41) is 10.6. The van der Waals surface area contributed by atoms with Gasteiger partial charge >= 0.3 is 0 Å². The van der Waals surface area contributed by atoms with Crippen molar-refractivity contribution in [1.82, 2.24) is 4.90 Å². The molecule has 0 aromatic carbocycles. The lowest BCUT2D eigenvalue weighted by molar-refractivity contribution is -0.253. The van der Waals surface area contributed by atoms with E-state index in [2.05, 4.69) is 25.7 Å². The average Bonchev–Trinajstić information content (AvgIpc) is 3.48. The molecule has 8 aliphatic rings. The Kier molecular flexibility index (Phi) is 6.68. The van der Waals surface area contributed by atoms with Crippen molar-refractivity contribution in [3.05, 3.63) is 0 Å². The zero-order valence-electron chi connectivity index (χ0n) is 27.0. The molecule has 240 valence electrons. The highest BCUT2D eigenvalue weighted by Gasteiger charge is 2.80. The summed E-state index contributed by atoms with van der Waals surface area (Å²) in [6.45, 7) is 15.7. The molecule has 3 N–H and O–H groups in total. The maximum atomic E-state index is 10.6. The van der Waals surface area contributed by atoms with Crippen molar-refractivity contribution in [3.8, 4) is 0 Å². The third-order valence-electron chi connectivity index (χ3n) is 15.3. The number of nitrogens with zero attached hydrogens (tertiary/aromatic N) is 1. The van der Waals surface area contributed by atoms with Gasteiger partial charge in [0.05, 0.1) is 62.4 Å². The Balaban J connectivity index is 0.00000300. The Morgan fingerprint density at radius 2 is 1.76 bits per heavy atom. The summed E-state index contributed by atoms with van der Waals surface area (Å²) in [6.07, 6.45) is 13.4. The highest BCUT2D eigenvalue weighted by molar-refractivity contribution is 5.29. The van der Waals surface area contributed by atoms with E-state index in [1.165, 1.54) is 57.8 Å². The van der Waals surface area contributed by atoms with Crippen LogP contribution < -0.4 is 5.73 Å². The molecule has 3 aliphatic heterocycles. The Hall–Kier alpha value is -0.280. The SMILES string of the molecule is CC12CC[C@@]34CC35CC[C@H](OC3CN(C6COC6)CCO3)C(C)(C)C5CCC4C1CC1OC([C@H](N)C(C)(C)O)CCC12.[HH]. The van der Waals surface area contributed by atoms with Gasteiger partial charge in [-0.05, 0) is 123 Å². The summed E-state index contributed by atoms with van der Waals surface area (Å²) in [7, 11) is 0. The Morgan fingerprint density at radius 3 is 2.50 bits per heavy atom. The molecule has 12 atom stereocenters. The van der Waals surface area contributed by atoms with Crippen LogP contribution in [-0.2, 0) is 18.9 Å². The summed E-state index contributed by atoms with van der Waals surface area (Å²) in [5.74, 6) is 3.02. The van der Waals surface area contributed by atoms with Crippen LogP contribution in [0, 0.1) is 45.3 Å². The smallest absolute Gasteiger partial charge is 0.170 e. The molecular weight excluding hydrogens is 528 g/mol. The highest BCUT2D eigenvalue weighted by Crippen LogP contribution is 2.87. The van der Waals surface area contributed by atoms with Crippen LogP contribution in [0.15, 0.2) is 0 Å². The number of ether oxygens (including phenoxy) is 4. The van der Waals surface area contributed by atoms with E-state index in [4.69, 9.17) is 24.7 Å². The zero-order chi connectivity index (χ0) is 29.3. The minimum Gasteiger partial charge on any atom is -0.389 e. The molecular formula is C35H60N2O5. The van der Waals surface area contributed by atoms with Crippen LogP contribution in [0.3, 0.4) is 0 Å². The van der Waals surface area contributed by atoms with Gasteiger partial charge in [0.25, 0.3) is 0 Å². The lowest BCUT2D eigenvalue weighted by Crippen LogP contribution is -2.58. The quantitative estimate of drug-likeness (QED) is 0.469. The molecule has 9 unspecified atom stereocenters. The fourth-order valence-corrected chi connectivity index (χ4v) is 12.9. The summed E-state index contributed by atoms with van der Waals surface area (Å²) in [6, 6.07) is 0.228. The van der Waals surface area contributed by atoms with Crippen molar-refractivity contribution in [2.75, 3.05) is 32.9 Å². The molecule has 3 heterocycles. The van der Waals surface area contributed by atoms with E-state index in [9.17, 15) is 5.11 Å². The molecule has 42 heavy (non-hydrogen) atoms. The van der Waals surface area contributed by atoms with E-state index in [0.717, 1.165) is 57.1 Å².